The summed E-state index contributed by atoms with van der Waals surface area (Å²) in [6.07, 6.45) is 3.45. The third kappa shape index (κ3) is 4.38. The topological polar surface area (TPSA) is 50.4 Å². The lowest BCUT2D eigenvalue weighted by molar-refractivity contribution is 0.255. The highest BCUT2D eigenvalue weighted by Gasteiger charge is 2.04. The summed E-state index contributed by atoms with van der Waals surface area (Å²) in [6, 6.07) is 15.0. The molecule has 0 fully saturated rings. The molecule has 0 unspecified atom stereocenters. The van der Waals surface area contributed by atoms with Crippen LogP contribution in [0.2, 0.25) is 0 Å². The normalized spacial score (nSPS) is 10.4. The molecule has 0 saturated heterocycles. The zero-order valence-corrected chi connectivity index (χ0v) is 12.1. The molecule has 0 spiro atoms. The fraction of sp³-hybridized carbons (Fsp3) is 0.118. The Morgan fingerprint density at radius 2 is 1.95 bits per heavy atom. The molecule has 0 saturated carbocycles. The first kappa shape index (κ1) is 14.7. The number of methoxy groups -OCH3 is 1. The maximum Gasteiger partial charge on any atom is 0.323 e. The lowest BCUT2D eigenvalue weighted by Gasteiger charge is -2.09. The van der Waals surface area contributed by atoms with Crippen molar-refractivity contribution in [1.29, 1.82) is 0 Å². The number of carbonyl (C=O) groups excluding carboxylic acids is 1. The third-order valence-corrected chi connectivity index (χ3v) is 2.89. The minimum atomic E-state index is -0.316. The summed E-state index contributed by atoms with van der Waals surface area (Å²) >= 11 is 0. The van der Waals surface area contributed by atoms with Crippen molar-refractivity contribution in [2.75, 3.05) is 12.4 Å². The Hall–Kier alpha value is -2.75. The van der Waals surface area contributed by atoms with Gasteiger partial charge in [0.25, 0.3) is 0 Å². The van der Waals surface area contributed by atoms with Gasteiger partial charge in [-0.2, -0.15) is 0 Å². The van der Waals surface area contributed by atoms with Gasteiger partial charge in [-0.05, 0) is 30.7 Å². The number of urea groups is 1. The number of hydrogen-bond donors (Lipinski definition) is 2. The molecule has 2 N–H and O–H groups in total. The van der Waals surface area contributed by atoms with Crippen molar-refractivity contribution in [1.82, 2.24) is 5.32 Å². The number of amides is 2. The van der Waals surface area contributed by atoms with Crippen LogP contribution in [0.4, 0.5) is 10.5 Å². The van der Waals surface area contributed by atoms with E-state index >= 15 is 0 Å². The molecule has 2 rings (SSSR count). The number of anilines is 1. The summed E-state index contributed by atoms with van der Waals surface area (Å²) in [4.78, 5) is 11.8. The maximum atomic E-state index is 11.8. The summed E-state index contributed by atoms with van der Waals surface area (Å²) in [5.41, 5.74) is 2.84. The fourth-order valence-corrected chi connectivity index (χ4v) is 1.89. The zero-order valence-electron chi connectivity index (χ0n) is 12.1. The average molecular weight is 282 g/mol. The molecule has 2 amide bonds. The molecule has 0 atom stereocenters. The van der Waals surface area contributed by atoms with Crippen molar-refractivity contribution in [3.05, 3.63) is 65.9 Å². The number of rotatable bonds is 4. The van der Waals surface area contributed by atoms with Crippen LogP contribution < -0.4 is 15.4 Å². The van der Waals surface area contributed by atoms with E-state index in [1.807, 2.05) is 49.4 Å². The Morgan fingerprint density at radius 1 is 1.14 bits per heavy atom. The molecule has 0 bridgehead atoms. The van der Waals surface area contributed by atoms with E-state index in [9.17, 15) is 4.79 Å². The highest BCUT2D eigenvalue weighted by atomic mass is 16.5. The van der Waals surface area contributed by atoms with Gasteiger partial charge in [-0.15, -0.1) is 0 Å². The van der Waals surface area contributed by atoms with Gasteiger partial charge in [0.2, 0.25) is 0 Å². The van der Waals surface area contributed by atoms with Gasteiger partial charge in [0.1, 0.15) is 5.75 Å². The summed E-state index contributed by atoms with van der Waals surface area (Å²) in [6.45, 7) is 2.03. The smallest absolute Gasteiger partial charge is 0.323 e. The average Bonchev–Trinajstić information content (AvgIpc) is 2.48. The SMILES string of the molecule is COc1ccccc1NC(=O)N/C=C/c1cccc(C)c1. The van der Waals surface area contributed by atoms with Crippen molar-refractivity contribution in [3.8, 4) is 5.75 Å². The van der Waals surface area contributed by atoms with Gasteiger partial charge in [-0.3, -0.25) is 0 Å². The lowest BCUT2D eigenvalue weighted by Crippen LogP contribution is -2.23. The molecule has 2 aromatic rings. The van der Waals surface area contributed by atoms with Crippen LogP contribution >= 0.6 is 0 Å². The Balaban J connectivity index is 1.93. The second kappa shape index (κ2) is 7.14. The van der Waals surface area contributed by atoms with Crippen LogP contribution in [0.5, 0.6) is 5.75 Å². The number of aryl methyl sites for hydroxylation is 1. The number of ether oxygens (including phenoxy) is 1. The van der Waals surface area contributed by atoms with Crippen LogP contribution in [0.25, 0.3) is 6.08 Å². The minimum Gasteiger partial charge on any atom is -0.495 e. The second-order valence-electron chi connectivity index (χ2n) is 4.55. The van der Waals surface area contributed by atoms with Gasteiger partial charge < -0.3 is 15.4 Å². The van der Waals surface area contributed by atoms with Crippen LogP contribution in [0.15, 0.2) is 54.7 Å². The molecule has 0 heterocycles. The monoisotopic (exact) mass is 282 g/mol. The van der Waals surface area contributed by atoms with Gasteiger partial charge in [0.05, 0.1) is 12.8 Å². The van der Waals surface area contributed by atoms with Gasteiger partial charge in [-0.1, -0.05) is 42.0 Å². The van der Waals surface area contributed by atoms with Gasteiger partial charge in [0.15, 0.2) is 0 Å². The largest absolute Gasteiger partial charge is 0.495 e. The first-order valence-corrected chi connectivity index (χ1v) is 6.63. The quantitative estimate of drug-likeness (QED) is 0.896. The summed E-state index contributed by atoms with van der Waals surface area (Å²) in [5.74, 6) is 0.621. The highest BCUT2D eigenvalue weighted by molar-refractivity contribution is 5.91. The van der Waals surface area contributed by atoms with Crippen LogP contribution in [-0.2, 0) is 0 Å². The number of carbonyl (C=O) groups is 1. The van der Waals surface area contributed by atoms with Crippen LogP contribution in [0, 0.1) is 6.92 Å². The molecule has 0 aromatic heterocycles. The van der Waals surface area contributed by atoms with E-state index in [1.54, 1.807) is 25.4 Å². The Labute approximate surface area is 124 Å². The van der Waals surface area contributed by atoms with E-state index in [2.05, 4.69) is 10.6 Å². The molecule has 0 aliphatic rings. The molecule has 0 aliphatic carbocycles. The Bertz CT molecular complexity index is 651. The Kier molecular flexibility index (Phi) is 4.99. The van der Waals surface area contributed by atoms with E-state index in [1.165, 1.54) is 5.56 Å². The van der Waals surface area contributed by atoms with E-state index in [4.69, 9.17) is 4.74 Å². The molecule has 2 aromatic carbocycles. The molecule has 108 valence electrons. The molecule has 4 nitrogen and oxygen atoms in total. The standard InChI is InChI=1S/C17H18N2O2/c1-13-6-5-7-14(12-13)10-11-18-17(20)19-15-8-3-4-9-16(15)21-2/h3-12H,1-2H3,(H2,18,19,20)/b11-10+. The highest BCUT2D eigenvalue weighted by Crippen LogP contribution is 2.22. The first-order valence-electron chi connectivity index (χ1n) is 6.63. The summed E-state index contributed by atoms with van der Waals surface area (Å²) in [5, 5.41) is 5.40. The van der Waals surface area contributed by atoms with Gasteiger partial charge in [0, 0.05) is 6.20 Å². The second-order valence-corrected chi connectivity index (χ2v) is 4.55. The number of para-hydroxylation sites is 2. The van der Waals surface area contributed by atoms with E-state index in [0.717, 1.165) is 5.56 Å². The predicted octanol–water partition coefficient (Wildman–Crippen LogP) is 3.80. The predicted molar refractivity (Wildman–Crippen MR) is 85.4 cm³/mol. The van der Waals surface area contributed by atoms with E-state index < -0.39 is 0 Å². The minimum absolute atomic E-state index is 0.316. The maximum absolute atomic E-state index is 11.8. The molecule has 0 aliphatic heterocycles. The van der Waals surface area contributed by atoms with Crippen molar-refractivity contribution in [2.24, 2.45) is 0 Å². The lowest BCUT2D eigenvalue weighted by atomic mass is 10.1. The summed E-state index contributed by atoms with van der Waals surface area (Å²) in [7, 11) is 1.57. The van der Waals surface area contributed by atoms with Crippen molar-refractivity contribution >= 4 is 17.8 Å². The third-order valence-electron chi connectivity index (χ3n) is 2.89. The molecular weight excluding hydrogens is 264 g/mol. The van der Waals surface area contributed by atoms with E-state index in [-0.39, 0.29) is 6.03 Å². The van der Waals surface area contributed by atoms with Crippen molar-refractivity contribution in [3.63, 3.8) is 0 Å². The number of benzene rings is 2. The first-order chi connectivity index (χ1) is 10.2. The van der Waals surface area contributed by atoms with Crippen molar-refractivity contribution in [2.45, 2.75) is 6.92 Å². The van der Waals surface area contributed by atoms with Crippen LogP contribution in [-0.4, -0.2) is 13.1 Å². The number of nitrogens with one attached hydrogen (secondary N) is 2. The Morgan fingerprint density at radius 3 is 2.71 bits per heavy atom. The van der Waals surface area contributed by atoms with E-state index in [0.29, 0.717) is 11.4 Å². The molecule has 0 radical (unpaired) electrons. The molecule has 21 heavy (non-hydrogen) atoms. The van der Waals surface area contributed by atoms with Crippen LogP contribution in [0.3, 0.4) is 0 Å². The number of hydrogen-bond acceptors (Lipinski definition) is 2. The van der Waals surface area contributed by atoms with Gasteiger partial charge >= 0.3 is 6.03 Å². The summed E-state index contributed by atoms with van der Waals surface area (Å²) < 4.78 is 5.17. The van der Waals surface area contributed by atoms with Crippen molar-refractivity contribution < 1.29 is 9.53 Å². The van der Waals surface area contributed by atoms with Crippen LogP contribution in [0.1, 0.15) is 11.1 Å². The molecular formula is C17H18N2O2. The fourth-order valence-electron chi connectivity index (χ4n) is 1.89. The van der Waals surface area contributed by atoms with Gasteiger partial charge in [-0.25, -0.2) is 4.79 Å². The zero-order chi connectivity index (χ0) is 15.1. The molecule has 4 heteroatoms.